The van der Waals surface area contributed by atoms with E-state index < -0.39 is 11.9 Å². The van der Waals surface area contributed by atoms with Crippen molar-refractivity contribution < 1.29 is 14.6 Å². The van der Waals surface area contributed by atoms with Crippen molar-refractivity contribution in [2.24, 2.45) is 5.73 Å². The molecule has 0 aromatic heterocycles. The van der Waals surface area contributed by atoms with Crippen LogP contribution >= 0.6 is 0 Å². The molecule has 1 aliphatic carbocycles. The topological polar surface area (TPSA) is 72.5 Å². The summed E-state index contributed by atoms with van der Waals surface area (Å²) in [4.78, 5) is 11.3. The summed E-state index contributed by atoms with van der Waals surface area (Å²) in [6.45, 7) is 0.0878. The Kier molecular flexibility index (Phi) is 4.43. The SMILES string of the molecule is COc1cc2c(cc1C(CN)C(=O)O)CCCCC2. The average molecular weight is 263 g/mol. The van der Waals surface area contributed by atoms with Gasteiger partial charge in [0.25, 0.3) is 0 Å². The number of carboxylic acid groups (broad SMARTS) is 1. The zero-order valence-electron chi connectivity index (χ0n) is 11.3. The van der Waals surface area contributed by atoms with E-state index in [-0.39, 0.29) is 6.54 Å². The Morgan fingerprint density at radius 1 is 1.32 bits per heavy atom. The summed E-state index contributed by atoms with van der Waals surface area (Å²) in [5, 5.41) is 9.27. The van der Waals surface area contributed by atoms with Crippen molar-refractivity contribution >= 4 is 5.97 Å². The number of hydrogen-bond donors (Lipinski definition) is 2. The van der Waals surface area contributed by atoms with E-state index in [0.29, 0.717) is 11.3 Å². The number of methoxy groups -OCH3 is 1. The van der Waals surface area contributed by atoms with E-state index in [9.17, 15) is 9.90 Å². The summed E-state index contributed by atoms with van der Waals surface area (Å²) < 4.78 is 5.37. The van der Waals surface area contributed by atoms with Gasteiger partial charge in [-0.15, -0.1) is 0 Å². The molecule has 0 bridgehead atoms. The molecule has 4 nitrogen and oxygen atoms in total. The normalized spacial score (nSPS) is 16.3. The van der Waals surface area contributed by atoms with Gasteiger partial charge in [-0.1, -0.05) is 12.5 Å². The van der Waals surface area contributed by atoms with E-state index >= 15 is 0 Å². The Morgan fingerprint density at radius 2 is 1.95 bits per heavy atom. The molecule has 19 heavy (non-hydrogen) atoms. The third kappa shape index (κ3) is 2.89. The van der Waals surface area contributed by atoms with Gasteiger partial charge in [-0.05, 0) is 42.9 Å². The summed E-state index contributed by atoms with van der Waals surface area (Å²) >= 11 is 0. The lowest BCUT2D eigenvalue weighted by atomic mass is 9.92. The molecule has 1 aliphatic rings. The van der Waals surface area contributed by atoms with Gasteiger partial charge in [-0.3, -0.25) is 4.79 Å². The Morgan fingerprint density at radius 3 is 2.47 bits per heavy atom. The van der Waals surface area contributed by atoms with E-state index in [2.05, 4.69) is 0 Å². The van der Waals surface area contributed by atoms with Crippen molar-refractivity contribution in [1.29, 1.82) is 0 Å². The van der Waals surface area contributed by atoms with Crippen LogP contribution in [0.2, 0.25) is 0 Å². The highest BCUT2D eigenvalue weighted by atomic mass is 16.5. The molecule has 1 aromatic carbocycles. The number of carbonyl (C=O) groups is 1. The van der Waals surface area contributed by atoms with Crippen LogP contribution in [-0.4, -0.2) is 24.7 Å². The Bertz CT molecular complexity index is 471. The molecule has 1 aromatic rings. The van der Waals surface area contributed by atoms with Crippen molar-refractivity contribution in [3.8, 4) is 5.75 Å². The Labute approximate surface area is 113 Å². The number of benzene rings is 1. The summed E-state index contributed by atoms with van der Waals surface area (Å²) in [5.41, 5.74) is 8.85. The zero-order chi connectivity index (χ0) is 13.8. The highest BCUT2D eigenvalue weighted by molar-refractivity contribution is 5.77. The minimum atomic E-state index is -0.894. The molecular weight excluding hydrogens is 242 g/mol. The maximum Gasteiger partial charge on any atom is 0.312 e. The van der Waals surface area contributed by atoms with Crippen LogP contribution in [-0.2, 0) is 17.6 Å². The van der Waals surface area contributed by atoms with E-state index in [4.69, 9.17) is 10.5 Å². The fraction of sp³-hybridized carbons (Fsp3) is 0.533. The van der Waals surface area contributed by atoms with Gasteiger partial charge in [0.15, 0.2) is 0 Å². The Balaban J connectivity index is 2.47. The first-order valence-corrected chi connectivity index (χ1v) is 6.80. The van der Waals surface area contributed by atoms with E-state index in [1.165, 1.54) is 30.4 Å². The average Bonchev–Trinajstić information content (AvgIpc) is 2.62. The lowest BCUT2D eigenvalue weighted by Gasteiger charge is -2.18. The van der Waals surface area contributed by atoms with Crippen LogP contribution in [0.1, 0.15) is 41.9 Å². The molecule has 1 unspecified atom stereocenters. The minimum Gasteiger partial charge on any atom is -0.496 e. The third-order valence-corrected chi connectivity index (χ3v) is 3.85. The fourth-order valence-electron chi connectivity index (χ4n) is 2.77. The molecule has 1 atom stereocenters. The molecule has 0 heterocycles. The van der Waals surface area contributed by atoms with Gasteiger partial charge in [0.05, 0.1) is 13.0 Å². The maximum atomic E-state index is 11.3. The number of nitrogens with two attached hydrogens (primary N) is 1. The summed E-state index contributed by atoms with van der Waals surface area (Å²) in [5.74, 6) is -0.934. The molecule has 2 rings (SSSR count). The zero-order valence-corrected chi connectivity index (χ0v) is 11.3. The van der Waals surface area contributed by atoms with Gasteiger partial charge in [-0.25, -0.2) is 0 Å². The summed E-state index contributed by atoms with van der Waals surface area (Å²) in [6.07, 6.45) is 5.65. The van der Waals surface area contributed by atoms with Gasteiger partial charge in [0.2, 0.25) is 0 Å². The summed E-state index contributed by atoms with van der Waals surface area (Å²) in [6, 6.07) is 3.99. The molecule has 0 saturated carbocycles. The largest absolute Gasteiger partial charge is 0.496 e. The first-order chi connectivity index (χ1) is 9.17. The van der Waals surface area contributed by atoms with Crippen molar-refractivity contribution in [2.45, 2.75) is 38.0 Å². The van der Waals surface area contributed by atoms with Crippen molar-refractivity contribution in [1.82, 2.24) is 0 Å². The monoisotopic (exact) mass is 263 g/mol. The van der Waals surface area contributed by atoms with Crippen LogP contribution in [0.4, 0.5) is 0 Å². The molecule has 0 amide bonds. The third-order valence-electron chi connectivity index (χ3n) is 3.85. The van der Waals surface area contributed by atoms with Gasteiger partial charge in [0, 0.05) is 12.1 Å². The van der Waals surface area contributed by atoms with E-state index in [1.54, 1.807) is 7.11 Å². The predicted octanol–water partition coefficient (Wildman–Crippen LogP) is 2.09. The number of aryl methyl sites for hydroxylation is 2. The number of aliphatic carboxylic acids is 1. The van der Waals surface area contributed by atoms with Gasteiger partial charge in [-0.2, -0.15) is 0 Å². The molecule has 4 heteroatoms. The number of carboxylic acids is 1. The van der Waals surface area contributed by atoms with Crippen LogP contribution in [0.25, 0.3) is 0 Å². The second-order valence-corrected chi connectivity index (χ2v) is 5.05. The quantitative estimate of drug-likeness (QED) is 0.816. The van der Waals surface area contributed by atoms with Gasteiger partial charge in [0.1, 0.15) is 5.75 Å². The lowest BCUT2D eigenvalue weighted by molar-refractivity contribution is -0.138. The van der Waals surface area contributed by atoms with Crippen molar-refractivity contribution in [3.05, 3.63) is 28.8 Å². The van der Waals surface area contributed by atoms with E-state index in [0.717, 1.165) is 12.8 Å². The van der Waals surface area contributed by atoms with Crippen LogP contribution in [0.5, 0.6) is 5.75 Å². The maximum absolute atomic E-state index is 11.3. The van der Waals surface area contributed by atoms with Crippen LogP contribution < -0.4 is 10.5 Å². The highest BCUT2D eigenvalue weighted by Gasteiger charge is 2.24. The van der Waals surface area contributed by atoms with E-state index in [1.807, 2.05) is 12.1 Å². The summed E-state index contributed by atoms with van der Waals surface area (Å²) in [7, 11) is 1.58. The van der Waals surface area contributed by atoms with Crippen LogP contribution in [0.15, 0.2) is 12.1 Å². The molecule has 0 aliphatic heterocycles. The minimum absolute atomic E-state index is 0.0878. The standard InChI is InChI=1S/C15H21NO3/c1-19-14-8-11-6-4-2-3-5-10(11)7-12(14)13(9-16)15(17)18/h7-8,13H,2-6,9,16H2,1H3,(H,17,18). The van der Waals surface area contributed by atoms with Gasteiger partial charge < -0.3 is 15.6 Å². The second kappa shape index (κ2) is 6.06. The highest BCUT2D eigenvalue weighted by Crippen LogP contribution is 2.32. The molecule has 0 fully saturated rings. The number of rotatable bonds is 4. The molecule has 104 valence electrons. The second-order valence-electron chi connectivity index (χ2n) is 5.05. The van der Waals surface area contributed by atoms with Crippen LogP contribution in [0.3, 0.4) is 0 Å². The molecule has 0 saturated heterocycles. The van der Waals surface area contributed by atoms with Crippen molar-refractivity contribution in [2.75, 3.05) is 13.7 Å². The van der Waals surface area contributed by atoms with Gasteiger partial charge >= 0.3 is 5.97 Å². The number of ether oxygens (including phenoxy) is 1. The van der Waals surface area contributed by atoms with Crippen LogP contribution in [0, 0.1) is 0 Å². The number of fused-ring (bicyclic) bond motifs is 1. The Hall–Kier alpha value is -1.55. The fourth-order valence-corrected chi connectivity index (χ4v) is 2.77. The lowest BCUT2D eigenvalue weighted by Crippen LogP contribution is -2.22. The molecule has 3 N–H and O–H groups in total. The predicted molar refractivity (Wildman–Crippen MR) is 73.7 cm³/mol. The first-order valence-electron chi connectivity index (χ1n) is 6.80. The molecular formula is C15H21NO3. The first kappa shape index (κ1) is 13.9. The molecule has 0 radical (unpaired) electrons. The molecule has 0 spiro atoms. The smallest absolute Gasteiger partial charge is 0.312 e. The van der Waals surface area contributed by atoms with Crippen molar-refractivity contribution in [3.63, 3.8) is 0 Å². The number of hydrogen-bond acceptors (Lipinski definition) is 3.